The summed E-state index contributed by atoms with van der Waals surface area (Å²) in [6, 6.07) is 5.53. The first-order valence-electron chi connectivity index (χ1n) is 9.60. The average molecular weight is 400 g/mol. The molecule has 0 spiro atoms. The van der Waals surface area contributed by atoms with Crippen LogP contribution < -0.4 is 5.32 Å². The highest BCUT2D eigenvalue weighted by atomic mass is 32.1. The lowest BCUT2D eigenvalue weighted by molar-refractivity contribution is -0.129. The molecule has 2 aromatic rings. The molecule has 0 fully saturated rings. The number of aryl methyl sites for hydroxylation is 1. The quantitative estimate of drug-likeness (QED) is 0.561. The van der Waals surface area contributed by atoms with Crippen molar-refractivity contribution >= 4 is 23.2 Å². The Labute approximate surface area is 169 Å². The van der Waals surface area contributed by atoms with E-state index in [2.05, 4.69) is 21.4 Å². The minimum Gasteiger partial charge on any atom is -0.448 e. The summed E-state index contributed by atoms with van der Waals surface area (Å²) in [5.74, 6) is -0.813. The highest BCUT2D eigenvalue weighted by Crippen LogP contribution is 2.27. The zero-order chi connectivity index (χ0) is 19.9. The summed E-state index contributed by atoms with van der Waals surface area (Å²) in [6.07, 6.45) is 8.67. The molecule has 1 N–H and O–H groups in total. The van der Waals surface area contributed by atoms with Crippen LogP contribution in [0.25, 0.3) is 10.7 Å². The van der Waals surface area contributed by atoms with Gasteiger partial charge in [0.1, 0.15) is 9.88 Å². The van der Waals surface area contributed by atoms with Gasteiger partial charge in [-0.1, -0.05) is 17.7 Å². The highest BCUT2D eigenvalue weighted by molar-refractivity contribution is 7.17. The Morgan fingerprint density at radius 2 is 2.18 bits per heavy atom. The molecular formula is C21H25N3O3S. The van der Waals surface area contributed by atoms with E-state index in [9.17, 15) is 9.59 Å². The van der Waals surface area contributed by atoms with Gasteiger partial charge >= 0.3 is 5.97 Å². The summed E-state index contributed by atoms with van der Waals surface area (Å²) in [7, 11) is 0. The number of hydrogen-bond donors (Lipinski definition) is 1. The molecule has 2 aromatic heterocycles. The number of carbonyl (C=O) groups is 2. The Balaban J connectivity index is 1.53. The van der Waals surface area contributed by atoms with Crippen LogP contribution in [0.5, 0.6) is 0 Å². The number of thiazole rings is 1. The van der Waals surface area contributed by atoms with Crippen molar-refractivity contribution in [3.8, 4) is 10.7 Å². The summed E-state index contributed by atoms with van der Waals surface area (Å²) in [6.45, 7) is 3.90. The first-order chi connectivity index (χ1) is 13.5. The summed E-state index contributed by atoms with van der Waals surface area (Å²) in [4.78, 5) is 33.8. The molecule has 1 aliphatic carbocycles. The fourth-order valence-electron chi connectivity index (χ4n) is 3.07. The number of allylic oxidation sites excluding steroid dienone is 1. The number of hydrogen-bond acceptors (Lipinski definition) is 6. The lowest BCUT2D eigenvalue weighted by Crippen LogP contribution is -2.36. The Morgan fingerprint density at radius 3 is 2.89 bits per heavy atom. The number of amides is 1. The minimum absolute atomic E-state index is 0.281. The maximum atomic E-state index is 12.5. The van der Waals surface area contributed by atoms with E-state index in [1.54, 1.807) is 20.0 Å². The van der Waals surface area contributed by atoms with Gasteiger partial charge in [0, 0.05) is 12.7 Å². The van der Waals surface area contributed by atoms with Crippen LogP contribution in [0.2, 0.25) is 0 Å². The number of nitrogens with zero attached hydrogens (tertiary/aromatic N) is 2. The molecule has 1 aliphatic rings. The molecule has 3 rings (SSSR count). The molecule has 28 heavy (non-hydrogen) atoms. The molecule has 0 bridgehead atoms. The molecule has 0 aromatic carbocycles. The molecule has 0 unspecified atom stereocenters. The molecule has 0 saturated heterocycles. The van der Waals surface area contributed by atoms with Crippen molar-refractivity contribution in [2.75, 3.05) is 6.54 Å². The smallest absolute Gasteiger partial charge is 0.351 e. The largest absolute Gasteiger partial charge is 0.448 e. The molecule has 2 heterocycles. The van der Waals surface area contributed by atoms with Crippen LogP contribution in [0.4, 0.5) is 0 Å². The molecular weight excluding hydrogens is 374 g/mol. The van der Waals surface area contributed by atoms with Crippen LogP contribution in [0.15, 0.2) is 36.0 Å². The summed E-state index contributed by atoms with van der Waals surface area (Å²) < 4.78 is 5.36. The summed E-state index contributed by atoms with van der Waals surface area (Å²) in [5.41, 5.74) is 2.68. The molecule has 0 radical (unpaired) electrons. The fraction of sp³-hybridized carbons (Fsp3) is 0.429. The third-order valence-corrected chi connectivity index (χ3v) is 5.81. The third-order valence-electron chi connectivity index (χ3n) is 4.65. The molecule has 6 nitrogen and oxygen atoms in total. The zero-order valence-electron chi connectivity index (χ0n) is 16.2. The molecule has 1 amide bonds. The van der Waals surface area contributed by atoms with E-state index < -0.39 is 12.1 Å². The Bertz CT molecular complexity index is 861. The maximum absolute atomic E-state index is 12.5. The number of carbonyl (C=O) groups excluding carboxylic acids is 2. The zero-order valence-corrected chi connectivity index (χ0v) is 17.1. The number of aromatic nitrogens is 2. The van der Waals surface area contributed by atoms with E-state index in [0.717, 1.165) is 19.3 Å². The second kappa shape index (κ2) is 9.59. The number of ether oxygens (including phenoxy) is 1. The van der Waals surface area contributed by atoms with Gasteiger partial charge in [-0.15, -0.1) is 11.3 Å². The summed E-state index contributed by atoms with van der Waals surface area (Å²) in [5, 5.41) is 3.51. The van der Waals surface area contributed by atoms with E-state index >= 15 is 0 Å². The summed E-state index contributed by atoms with van der Waals surface area (Å²) >= 11 is 1.22. The second-order valence-electron chi connectivity index (χ2n) is 6.85. The SMILES string of the molecule is Cc1nc(-c2ccccn2)sc1C(=O)O[C@H](C)C(=O)NCCC1=CCCCC1. The van der Waals surface area contributed by atoms with Crippen LogP contribution in [-0.2, 0) is 9.53 Å². The van der Waals surface area contributed by atoms with Crippen LogP contribution in [-0.4, -0.2) is 34.5 Å². The lowest BCUT2D eigenvalue weighted by Gasteiger charge is -2.15. The standard InChI is InChI=1S/C21H25N3O3S/c1-14-18(28-20(24-14)17-10-6-7-12-22-17)21(26)27-15(2)19(25)23-13-11-16-8-4-3-5-9-16/h6-8,10,12,15H,3-5,9,11,13H2,1-2H3,(H,23,25)/t15-/m1/s1. The van der Waals surface area contributed by atoms with Crippen molar-refractivity contribution in [3.63, 3.8) is 0 Å². The van der Waals surface area contributed by atoms with E-state index in [4.69, 9.17) is 4.74 Å². The van der Waals surface area contributed by atoms with E-state index in [-0.39, 0.29) is 5.91 Å². The number of esters is 1. The van der Waals surface area contributed by atoms with Crippen molar-refractivity contribution in [3.05, 3.63) is 46.6 Å². The molecule has 0 aliphatic heterocycles. The first-order valence-corrected chi connectivity index (χ1v) is 10.4. The Hall–Kier alpha value is -2.54. The number of pyridine rings is 1. The highest BCUT2D eigenvalue weighted by Gasteiger charge is 2.23. The van der Waals surface area contributed by atoms with Crippen LogP contribution >= 0.6 is 11.3 Å². The van der Waals surface area contributed by atoms with Crippen LogP contribution in [0, 0.1) is 6.92 Å². The molecule has 0 saturated carbocycles. The number of nitrogens with one attached hydrogen (secondary N) is 1. The topological polar surface area (TPSA) is 81.2 Å². The van der Waals surface area contributed by atoms with Crippen LogP contribution in [0.1, 0.15) is 54.4 Å². The van der Waals surface area contributed by atoms with Crippen LogP contribution in [0.3, 0.4) is 0 Å². The van der Waals surface area contributed by atoms with E-state index in [0.29, 0.717) is 27.8 Å². The van der Waals surface area contributed by atoms with Crippen molar-refractivity contribution in [2.24, 2.45) is 0 Å². The maximum Gasteiger partial charge on any atom is 0.351 e. The van der Waals surface area contributed by atoms with Gasteiger partial charge < -0.3 is 10.1 Å². The average Bonchev–Trinajstić information content (AvgIpc) is 3.11. The minimum atomic E-state index is -0.854. The molecule has 1 atom stereocenters. The first kappa shape index (κ1) is 20.2. The van der Waals surface area contributed by atoms with Gasteiger partial charge in [-0.3, -0.25) is 9.78 Å². The Kier molecular flexibility index (Phi) is 6.92. The lowest BCUT2D eigenvalue weighted by atomic mass is 9.97. The van der Waals surface area contributed by atoms with Gasteiger partial charge in [0.05, 0.1) is 11.4 Å². The second-order valence-corrected chi connectivity index (χ2v) is 7.84. The predicted octanol–water partition coefficient (Wildman–Crippen LogP) is 4.07. The van der Waals surface area contributed by atoms with Crippen molar-refractivity contribution in [1.82, 2.24) is 15.3 Å². The van der Waals surface area contributed by atoms with Crippen molar-refractivity contribution in [1.29, 1.82) is 0 Å². The Morgan fingerprint density at radius 1 is 1.32 bits per heavy atom. The van der Waals surface area contributed by atoms with E-state index in [1.165, 1.54) is 29.8 Å². The van der Waals surface area contributed by atoms with Gasteiger partial charge in [-0.25, -0.2) is 9.78 Å². The van der Waals surface area contributed by atoms with Gasteiger partial charge in [-0.05, 0) is 58.1 Å². The van der Waals surface area contributed by atoms with Gasteiger partial charge in [0.15, 0.2) is 6.10 Å². The monoisotopic (exact) mass is 399 g/mol. The predicted molar refractivity (Wildman–Crippen MR) is 109 cm³/mol. The van der Waals surface area contributed by atoms with Gasteiger partial charge in [-0.2, -0.15) is 0 Å². The van der Waals surface area contributed by atoms with Crippen molar-refractivity contribution < 1.29 is 14.3 Å². The van der Waals surface area contributed by atoms with Gasteiger partial charge in [0.2, 0.25) is 0 Å². The normalized spacial score (nSPS) is 14.9. The van der Waals surface area contributed by atoms with E-state index in [1.807, 2.05) is 18.2 Å². The molecule has 148 valence electrons. The van der Waals surface area contributed by atoms with Crippen molar-refractivity contribution in [2.45, 2.75) is 52.1 Å². The molecule has 7 heteroatoms. The van der Waals surface area contributed by atoms with Gasteiger partial charge in [0.25, 0.3) is 5.91 Å². The fourth-order valence-corrected chi connectivity index (χ4v) is 4.00. The third kappa shape index (κ3) is 5.25. The number of rotatable bonds is 7.